The van der Waals surface area contributed by atoms with Crippen molar-refractivity contribution in [2.75, 3.05) is 61.0 Å². The Morgan fingerprint density at radius 1 is 0.955 bits per heavy atom. The second-order valence-corrected chi connectivity index (χ2v) is 8.16. The number of likely N-dealkylation sites (tertiary alicyclic amines) is 2. The minimum absolute atomic E-state index is 0. The van der Waals surface area contributed by atoms with Crippen molar-refractivity contribution in [3.05, 3.63) is 0 Å². The molecule has 0 aromatic rings. The lowest BCUT2D eigenvalue weighted by Crippen LogP contribution is -3.00. The van der Waals surface area contributed by atoms with Crippen molar-refractivity contribution in [1.82, 2.24) is 0 Å². The number of quaternary nitrogens is 2. The fourth-order valence-electron chi connectivity index (χ4n) is 3.88. The third-order valence-electron chi connectivity index (χ3n) is 4.95. The summed E-state index contributed by atoms with van der Waals surface area (Å²) in [5, 5.41) is 0. The Morgan fingerprint density at radius 2 is 1.50 bits per heavy atom. The predicted molar refractivity (Wildman–Crippen MR) is 80.1 cm³/mol. The zero-order valence-electron chi connectivity index (χ0n) is 14.5. The van der Waals surface area contributed by atoms with Crippen molar-refractivity contribution < 1.29 is 52.5 Å². The van der Waals surface area contributed by atoms with E-state index in [2.05, 4.69) is 28.2 Å². The largest absolute Gasteiger partial charge is 1.00 e. The van der Waals surface area contributed by atoms with Crippen molar-refractivity contribution in [3.8, 4) is 0 Å². The Bertz CT molecular complexity index is 362. The summed E-state index contributed by atoms with van der Waals surface area (Å²) in [4.78, 5) is 12.3. The molecule has 2 saturated heterocycles. The number of carbonyl (C=O) groups is 1. The molecule has 0 aromatic carbocycles. The van der Waals surface area contributed by atoms with Gasteiger partial charge >= 0.3 is 5.97 Å². The highest BCUT2D eigenvalue weighted by molar-refractivity contribution is 5.72. The molecule has 0 aliphatic carbocycles. The maximum absolute atomic E-state index is 12.3. The summed E-state index contributed by atoms with van der Waals surface area (Å²) in [6.45, 7) is 5.13. The SMILES string of the molecule is C[N+]1(C)CCCC(COC(=O)C2CCC[N+](C)(C)C2)C1.[Br-].[Br-]. The Labute approximate surface area is 156 Å². The molecule has 2 aliphatic rings. The van der Waals surface area contributed by atoms with Crippen LogP contribution in [0.3, 0.4) is 0 Å². The maximum atomic E-state index is 12.3. The maximum Gasteiger partial charge on any atom is 0.314 e. The normalized spacial score (nSPS) is 29.6. The van der Waals surface area contributed by atoms with Gasteiger partial charge in [-0.25, -0.2) is 0 Å². The van der Waals surface area contributed by atoms with Gasteiger partial charge in [-0.1, -0.05) is 0 Å². The molecular weight excluding hydrogens is 412 g/mol. The number of piperidine rings is 2. The van der Waals surface area contributed by atoms with Gasteiger partial charge in [0.1, 0.15) is 5.92 Å². The van der Waals surface area contributed by atoms with E-state index >= 15 is 0 Å². The summed E-state index contributed by atoms with van der Waals surface area (Å²) in [5.74, 6) is 0.713. The summed E-state index contributed by atoms with van der Waals surface area (Å²) in [7, 11) is 8.96. The molecule has 4 nitrogen and oxygen atoms in total. The van der Waals surface area contributed by atoms with Crippen LogP contribution in [-0.4, -0.2) is 75.9 Å². The van der Waals surface area contributed by atoms with Crippen molar-refractivity contribution in [2.24, 2.45) is 11.8 Å². The number of hydrogen-bond donors (Lipinski definition) is 0. The van der Waals surface area contributed by atoms with Gasteiger partial charge in [-0.05, 0) is 25.7 Å². The highest BCUT2D eigenvalue weighted by Gasteiger charge is 2.34. The van der Waals surface area contributed by atoms with E-state index in [1.165, 1.54) is 25.9 Å². The lowest BCUT2D eigenvalue weighted by atomic mass is 9.96. The van der Waals surface area contributed by atoms with Crippen molar-refractivity contribution in [3.63, 3.8) is 0 Å². The average molecular weight is 444 g/mol. The summed E-state index contributed by atoms with van der Waals surface area (Å²) >= 11 is 0. The first-order valence-corrected chi connectivity index (χ1v) is 8.08. The molecule has 0 saturated carbocycles. The number of halogens is 2. The van der Waals surface area contributed by atoms with E-state index in [0.717, 1.165) is 34.9 Å². The van der Waals surface area contributed by atoms with Gasteiger partial charge in [0.05, 0.1) is 61.0 Å². The van der Waals surface area contributed by atoms with Gasteiger partial charge in [-0.2, -0.15) is 0 Å². The first kappa shape index (κ1) is 22.4. The number of ether oxygens (including phenoxy) is 1. The molecule has 2 aliphatic heterocycles. The molecule has 0 radical (unpaired) electrons. The fourth-order valence-corrected chi connectivity index (χ4v) is 3.88. The first-order chi connectivity index (χ1) is 9.27. The number of esters is 1. The summed E-state index contributed by atoms with van der Waals surface area (Å²) in [6, 6.07) is 0. The van der Waals surface area contributed by atoms with E-state index in [9.17, 15) is 4.79 Å². The van der Waals surface area contributed by atoms with Crippen molar-refractivity contribution >= 4 is 5.97 Å². The minimum Gasteiger partial charge on any atom is -1.00 e. The van der Waals surface area contributed by atoms with E-state index in [4.69, 9.17) is 4.74 Å². The van der Waals surface area contributed by atoms with Gasteiger partial charge < -0.3 is 47.7 Å². The van der Waals surface area contributed by atoms with Crippen LogP contribution in [0.2, 0.25) is 0 Å². The fraction of sp³-hybridized carbons (Fsp3) is 0.938. The van der Waals surface area contributed by atoms with Gasteiger partial charge in [0, 0.05) is 5.92 Å². The Balaban J connectivity index is 0.00000220. The number of nitrogens with zero attached hydrogens (tertiary/aromatic N) is 2. The molecule has 6 heteroatoms. The third-order valence-corrected chi connectivity index (χ3v) is 4.95. The lowest BCUT2D eigenvalue weighted by molar-refractivity contribution is -0.898. The zero-order chi connectivity index (χ0) is 14.8. The van der Waals surface area contributed by atoms with Gasteiger partial charge in [0.2, 0.25) is 0 Å². The molecule has 2 heterocycles. The van der Waals surface area contributed by atoms with Crippen molar-refractivity contribution in [2.45, 2.75) is 25.7 Å². The van der Waals surface area contributed by atoms with Crippen LogP contribution >= 0.6 is 0 Å². The summed E-state index contributed by atoms with van der Waals surface area (Å²) < 4.78 is 7.67. The second-order valence-electron chi connectivity index (χ2n) is 8.16. The van der Waals surface area contributed by atoms with Gasteiger partial charge in [0.15, 0.2) is 0 Å². The molecule has 0 spiro atoms. The molecule has 2 unspecified atom stereocenters. The minimum atomic E-state index is 0. The van der Waals surface area contributed by atoms with Gasteiger partial charge in [-0.3, -0.25) is 4.79 Å². The quantitative estimate of drug-likeness (QED) is 0.324. The Kier molecular flexibility index (Phi) is 9.14. The van der Waals surface area contributed by atoms with E-state index < -0.39 is 0 Å². The van der Waals surface area contributed by atoms with Gasteiger partial charge in [0.25, 0.3) is 0 Å². The molecular formula is C16H32Br2N2O2. The molecule has 0 N–H and O–H groups in total. The van der Waals surface area contributed by atoms with E-state index in [1.54, 1.807) is 0 Å². The highest BCUT2D eigenvalue weighted by atomic mass is 79.9. The van der Waals surface area contributed by atoms with Crippen molar-refractivity contribution in [1.29, 1.82) is 0 Å². The van der Waals surface area contributed by atoms with Crippen LogP contribution in [0.4, 0.5) is 0 Å². The average Bonchev–Trinajstić information content (AvgIpc) is 2.33. The smallest absolute Gasteiger partial charge is 0.314 e. The molecule has 2 fully saturated rings. The van der Waals surface area contributed by atoms with Crippen LogP contribution in [-0.2, 0) is 9.53 Å². The van der Waals surface area contributed by atoms with Crippen LogP contribution in [0.5, 0.6) is 0 Å². The van der Waals surface area contributed by atoms with E-state index in [1.807, 2.05) is 0 Å². The summed E-state index contributed by atoms with van der Waals surface area (Å²) in [5.41, 5.74) is 0. The second kappa shape index (κ2) is 9.00. The Hall–Kier alpha value is 0.350. The molecule has 132 valence electrons. The lowest BCUT2D eigenvalue weighted by Gasteiger charge is -2.38. The Morgan fingerprint density at radius 3 is 2.05 bits per heavy atom. The molecule has 0 aromatic heterocycles. The topological polar surface area (TPSA) is 26.3 Å². The summed E-state index contributed by atoms with van der Waals surface area (Å²) in [6.07, 6.45) is 4.61. The number of hydrogen-bond acceptors (Lipinski definition) is 2. The molecule has 2 rings (SSSR count). The standard InChI is InChI=1S/C16H32N2O2.2BrH/c1-17(2)9-5-7-14(11-17)13-20-16(19)15-8-6-10-18(3,4)12-15;;/h14-15H,5-13H2,1-4H3;2*1H/q+2;;/p-2. The molecule has 0 bridgehead atoms. The van der Waals surface area contributed by atoms with Crippen LogP contribution in [0.1, 0.15) is 25.7 Å². The number of carbonyl (C=O) groups excluding carboxylic acids is 1. The van der Waals surface area contributed by atoms with Crippen LogP contribution in [0.25, 0.3) is 0 Å². The third kappa shape index (κ3) is 6.85. The van der Waals surface area contributed by atoms with E-state index in [-0.39, 0.29) is 45.9 Å². The monoisotopic (exact) mass is 442 g/mol. The highest BCUT2D eigenvalue weighted by Crippen LogP contribution is 2.23. The molecule has 0 amide bonds. The van der Waals surface area contributed by atoms with Crippen LogP contribution < -0.4 is 34.0 Å². The van der Waals surface area contributed by atoms with Crippen LogP contribution in [0.15, 0.2) is 0 Å². The first-order valence-electron chi connectivity index (χ1n) is 8.08. The van der Waals surface area contributed by atoms with E-state index in [0.29, 0.717) is 12.5 Å². The van der Waals surface area contributed by atoms with Gasteiger partial charge in [-0.15, -0.1) is 0 Å². The molecule has 2 atom stereocenters. The predicted octanol–water partition coefficient (Wildman–Crippen LogP) is -4.49. The number of rotatable bonds is 3. The molecule has 22 heavy (non-hydrogen) atoms. The van der Waals surface area contributed by atoms with Crippen LogP contribution in [0, 0.1) is 11.8 Å². The zero-order valence-corrected chi connectivity index (χ0v) is 17.7.